The largest absolute Gasteiger partial charge is 0.490 e. The van der Waals surface area contributed by atoms with Crippen LogP contribution in [0.15, 0.2) is 42.0 Å². The highest BCUT2D eigenvalue weighted by Crippen LogP contribution is 2.25. The lowest BCUT2D eigenvalue weighted by atomic mass is 10.1. The first-order valence-electron chi connectivity index (χ1n) is 7.94. The summed E-state index contributed by atoms with van der Waals surface area (Å²) in [5.41, 5.74) is 7.85. The van der Waals surface area contributed by atoms with Crippen molar-refractivity contribution in [3.8, 4) is 17.6 Å². The molecular formula is C20H19ClN2O3. The molecule has 2 N–H and O–H groups in total. The Bertz CT molecular complexity index is 885. The minimum Gasteiger partial charge on any atom is -0.490 e. The maximum absolute atomic E-state index is 11.2. The molecule has 1 amide bonds. The molecule has 0 aromatic heterocycles. The summed E-state index contributed by atoms with van der Waals surface area (Å²) in [5.74, 6) is 0.442. The lowest BCUT2D eigenvalue weighted by molar-refractivity contribution is -0.114. The van der Waals surface area contributed by atoms with Crippen LogP contribution < -0.4 is 15.2 Å². The van der Waals surface area contributed by atoms with Crippen LogP contribution in [0.1, 0.15) is 16.7 Å². The molecule has 0 aliphatic rings. The summed E-state index contributed by atoms with van der Waals surface area (Å²) in [4.78, 5) is 11.2. The third-order valence-corrected chi connectivity index (χ3v) is 3.98. The van der Waals surface area contributed by atoms with Crippen LogP contribution in [0.4, 0.5) is 0 Å². The first-order valence-corrected chi connectivity index (χ1v) is 8.32. The van der Waals surface area contributed by atoms with Gasteiger partial charge < -0.3 is 15.2 Å². The monoisotopic (exact) mass is 370 g/mol. The summed E-state index contributed by atoms with van der Waals surface area (Å²) in [6.07, 6.45) is 1.35. The van der Waals surface area contributed by atoms with Gasteiger partial charge in [-0.2, -0.15) is 5.26 Å². The second-order valence-electron chi connectivity index (χ2n) is 5.66. The zero-order valence-corrected chi connectivity index (χ0v) is 15.3. The minimum atomic E-state index is -0.809. The Balaban J connectivity index is 2.04. The number of nitriles is 1. The van der Waals surface area contributed by atoms with Gasteiger partial charge in [-0.3, -0.25) is 4.79 Å². The molecule has 0 saturated carbocycles. The molecule has 0 radical (unpaired) electrons. The number of amides is 1. The number of benzene rings is 2. The lowest BCUT2D eigenvalue weighted by Crippen LogP contribution is -2.13. The molecule has 134 valence electrons. The second kappa shape index (κ2) is 8.93. The van der Waals surface area contributed by atoms with Crippen molar-refractivity contribution >= 4 is 23.6 Å². The van der Waals surface area contributed by atoms with Crippen LogP contribution in [0.25, 0.3) is 6.08 Å². The van der Waals surface area contributed by atoms with Crippen molar-refractivity contribution in [2.75, 3.05) is 13.2 Å². The van der Waals surface area contributed by atoms with Gasteiger partial charge in [-0.25, -0.2) is 0 Å². The summed E-state index contributed by atoms with van der Waals surface area (Å²) in [6.45, 7) is 4.69. The molecule has 0 fully saturated rings. The van der Waals surface area contributed by atoms with Crippen molar-refractivity contribution < 1.29 is 14.3 Å². The fraction of sp³-hybridized carbons (Fsp3) is 0.200. The molecule has 5 nitrogen and oxygen atoms in total. The van der Waals surface area contributed by atoms with Crippen molar-refractivity contribution in [3.63, 3.8) is 0 Å². The number of nitrogens with zero attached hydrogens (tertiary/aromatic N) is 1. The summed E-state index contributed by atoms with van der Waals surface area (Å²) < 4.78 is 11.4. The molecule has 0 heterocycles. The zero-order chi connectivity index (χ0) is 19.1. The van der Waals surface area contributed by atoms with Gasteiger partial charge in [0.05, 0.1) is 0 Å². The molecule has 2 rings (SSSR count). The third kappa shape index (κ3) is 5.27. The molecule has 0 saturated heterocycles. The van der Waals surface area contributed by atoms with Crippen molar-refractivity contribution in [1.29, 1.82) is 5.26 Å². The number of ether oxygens (including phenoxy) is 2. The van der Waals surface area contributed by atoms with Gasteiger partial charge in [0.25, 0.3) is 5.91 Å². The van der Waals surface area contributed by atoms with E-state index in [9.17, 15) is 4.79 Å². The predicted octanol–water partition coefficient (Wildman–Crippen LogP) is 3.81. The van der Waals surface area contributed by atoms with E-state index in [1.807, 2.05) is 32.0 Å². The average Bonchev–Trinajstić information content (AvgIpc) is 2.60. The summed E-state index contributed by atoms with van der Waals surface area (Å²) >= 11 is 5.98. The topological polar surface area (TPSA) is 85.3 Å². The molecule has 0 atom stereocenters. The van der Waals surface area contributed by atoms with Crippen LogP contribution >= 0.6 is 11.6 Å². The molecule has 0 bridgehead atoms. The highest BCUT2D eigenvalue weighted by atomic mass is 35.5. The van der Waals surface area contributed by atoms with E-state index in [0.29, 0.717) is 22.9 Å². The number of carbonyl (C=O) groups excluding carboxylic acids is 1. The van der Waals surface area contributed by atoms with Gasteiger partial charge in [-0.15, -0.1) is 0 Å². The van der Waals surface area contributed by atoms with E-state index >= 15 is 0 Å². The fourth-order valence-corrected chi connectivity index (χ4v) is 2.37. The molecule has 2 aromatic carbocycles. The number of hydrogen-bond donors (Lipinski definition) is 1. The average molecular weight is 371 g/mol. The van der Waals surface area contributed by atoms with Crippen molar-refractivity contribution in [2.24, 2.45) is 5.73 Å². The predicted molar refractivity (Wildman–Crippen MR) is 101 cm³/mol. The molecule has 6 heteroatoms. The first kappa shape index (κ1) is 19.4. The van der Waals surface area contributed by atoms with E-state index in [1.165, 1.54) is 11.6 Å². The van der Waals surface area contributed by atoms with Gasteiger partial charge in [0.15, 0.2) is 0 Å². The van der Waals surface area contributed by atoms with Crippen LogP contribution in [0.2, 0.25) is 5.02 Å². The summed E-state index contributed by atoms with van der Waals surface area (Å²) in [5, 5.41) is 9.44. The van der Waals surface area contributed by atoms with Crippen LogP contribution in [0.3, 0.4) is 0 Å². The number of primary amides is 1. The molecule has 0 spiro atoms. The van der Waals surface area contributed by atoms with E-state index in [2.05, 4.69) is 0 Å². The standard InChI is InChI=1S/C20H19ClN2O3/c1-13-3-5-18(9-14(13)2)25-7-8-26-19-6-4-17(21)11-15(19)10-16(12-22)20(23)24/h3-6,9-11H,7-8H2,1-2H3,(H2,23,24). The fourth-order valence-electron chi connectivity index (χ4n) is 2.19. The van der Waals surface area contributed by atoms with E-state index in [-0.39, 0.29) is 12.2 Å². The Kier molecular flexibility index (Phi) is 6.65. The highest BCUT2D eigenvalue weighted by Gasteiger charge is 2.08. The third-order valence-electron chi connectivity index (χ3n) is 3.75. The van der Waals surface area contributed by atoms with Gasteiger partial charge in [-0.05, 0) is 61.4 Å². The normalized spacial score (nSPS) is 10.9. The molecular weight excluding hydrogens is 352 g/mol. The van der Waals surface area contributed by atoms with Gasteiger partial charge in [0.2, 0.25) is 0 Å². The van der Waals surface area contributed by atoms with Crippen LogP contribution in [0, 0.1) is 25.2 Å². The van der Waals surface area contributed by atoms with Gasteiger partial charge in [0, 0.05) is 10.6 Å². The highest BCUT2D eigenvalue weighted by molar-refractivity contribution is 6.30. The minimum absolute atomic E-state index is 0.177. The number of aryl methyl sites for hydroxylation is 2. The van der Waals surface area contributed by atoms with Gasteiger partial charge >= 0.3 is 0 Å². The molecule has 0 aliphatic carbocycles. The van der Waals surface area contributed by atoms with Gasteiger partial charge in [0.1, 0.15) is 36.4 Å². The van der Waals surface area contributed by atoms with Gasteiger partial charge in [-0.1, -0.05) is 17.7 Å². The smallest absolute Gasteiger partial charge is 0.259 e. The van der Waals surface area contributed by atoms with Crippen molar-refractivity contribution in [2.45, 2.75) is 13.8 Å². The Labute approximate surface area is 157 Å². The maximum atomic E-state index is 11.2. The maximum Gasteiger partial charge on any atom is 0.259 e. The number of nitrogens with two attached hydrogens (primary N) is 1. The number of halogens is 1. The van der Waals surface area contributed by atoms with Crippen LogP contribution in [0.5, 0.6) is 11.5 Å². The van der Waals surface area contributed by atoms with Crippen molar-refractivity contribution in [3.05, 3.63) is 63.7 Å². The Morgan fingerprint density at radius 1 is 1.15 bits per heavy atom. The molecule has 26 heavy (non-hydrogen) atoms. The second-order valence-corrected chi connectivity index (χ2v) is 6.10. The molecule has 0 aliphatic heterocycles. The SMILES string of the molecule is Cc1ccc(OCCOc2ccc(Cl)cc2C=C(C#N)C(N)=O)cc1C. The molecule has 0 unspecified atom stereocenters. The quantitative estimate of drug-likeness (QED) is 0.456. The first-order chi connectivity index (χ1) is 12.4. The van der Waals surface area contributed by atoms with E-state index < -0.39 is 5.91 Å². The van der Waals surface area contributed by atoms with E-state index in [4.69, 9.17) is 32.1 Å². The number of rotatable bonds is 7. The van der Waals surface area contributed by atoms with Crippen LogP contribution in [-0.2, 0) is 4.79 Å². The summed E-state index contributed by atoms with van der Waals surface area (Å²) in [6, 6.07) is 12.6. The number of carbonyl (C=O) groups is 1. The Morgan fingerprint density at radius 3 is 2.54 bits per heavy atom. The number of hydrogen-bond acceptors (Lipinski definition) is 4. The van der Waals surface area contributed by atoms with E-state index in [1.54, 1.807) is 24.3 Å². The Hall–Kier alpha value is -2.97. The lowest BCUT2D eigenvalue weighted by Gasteiger charge is -2.12. The van der Waals surface area contributed by atoms with Crippen LogP contribution in [-0.4, -0.2) is 19.1 Å². The molecule has 2 aromatic rings. The van der Waals surface area contributed by atoms with E-state index in [0.717, 1.165) is 11.3 Å². The summed E-state index contributed by atoms with van der Waals surface area (Å²) in [7, 11) is 0. The van der Waals surface area contributed by atoms with Crippen molar-refractivity contribution in [1.82, 2.24) is 0 Å². The zero-order valence-electron chi connectivity index (χ0n) is 14.6. The Morgan fingerprint density at radius 2 is 1.88 bits per heavy atom.